The van der Waals surface area contributed by atoms with Crippen LogP contribution in [0.4, 0.5) is 0 Å². The molecule has 0 fully saturated rings. The quantitative estimate of drug-likeness (QED) is 0.527. The summed E-state index contributed by atoms with van der Waals surface area (Å²) >= 11 is 0. The fourth-order valence-corrected chi connectivity index (χ4v) is 16.3. The maximum absolute atomic E-state index is 12.0. The minimum atomic E-state index is -0.479. The van der Waals surface area contributed by atoms with E-state index in [1.54, 1.807) is 0 Å². The lowest BCUT2D eigenvalue weighted by Crippen LogP contribution is -2.31. The Kier molecular flexibility index (Phi) is 8.45. The fraction of sp³-hybridized carbons (Fsp3) is 0.857. The van der Waals surface area contributed by atoms with Gasteiger partial charge in [0.25, 0.3) is 0 Å². The van der Waals surface area contributed by atoms with Gasteiger partial charge in [0.15, 0.2) is 5.08 Å². The van der Waals surface area contributed by atoms with Crippen molar-refractivity contribution in [3.8, 4) is 0 Å². The van der Waals surface area contributed by atoms with Crippen LogP contribution in [0.25, 0.3) is 0 Å². The molecule has 0 spiro atoms. The molecule has 0 saturated carbocycles. The first kappa shape index (κ1) is 18.5. The van der Waals surface area contributed by atoms with Crippen molar-refractivity contribution in [3.63, 3.8) is 0 Å². The van der Waals surface area contributed by atoms with E-state index in [2.05, 4.69) is 35.7 Å². The molecule has 2 nitrogen and oxygen atoms in total. The van der Waals surface area contributed by atoms with E-state index in [0.29, 0.717) is 7.96 Å². The molecule has 0 bridgehead atoms. The first-order chi connectivity index (χ1) is 7.05. The van der Waals surface area contributed by atoms with Gasteiger partial charge >= 0.3 is 5.97 Å². The Balaban J connectivity index is 4.90. The molecule has 0 aromatic carbocycles. The maximum Gasteiger partial charge on any atom is 0.312 e. The second-order valence-electron chi connectivity index (χ2n) is 4.48. The smallest absolute Gasteiger partial charge is 0.312 e. The SMILES string of the molecule is CC(C)(C)C(=O)OC(C)(P(P)P)P(P)PP. The van der Waals surface area contributed by atoms with Gasteiger partial charge in [-0.05, 0) is 42.3 Å². The van der Waals surface area contributed by atoms with Gasteiger partial charge < -0.3 is 4.74 Å². The van der Waals surface area contributed by atoms with Gasteiger partial charge in [-0.15, -0.1) is 35.7 Å². The molecular weight excluding hydrogens is 333 g/mol. The molecule has 0 N–H and O–H groups in total. The molecule has 0 saturated heterocycles. The summed E-state index contributed by atoms with van der Waals surface area (Å²) < 4.78 is 5.77. The second kappa shape index (κ2) is 7.31. The van der Waals surface area contributed by atoms with Gasteiger partial charge in [-0.25, -0.2) is 0 Å². The van der Waals surface area contributed by atoms with Gasteiger partial charge in [0.2, 0.25) is 0 Å². The Morgan fingerprint density at radius 2 is 1.62 bits per heavy atom. The highest BCUT2D eigenvalue weighted by atomic mass is 32.6. The van der Waals surface area contributed by atoms with E-state index in [9.17, 15) is 4.79 Å². The van der Waals surface area contributed by atoms with E-state index in [0.717, 1.165) is 0 Å². The number of carbonyl (C=O) groups is 1. The Bertz CT molecular complexity index is 252. The summed E-state index contributed by atoms with van der Waals surface area (Å²) in [4.78, 5) is 12.0. The fourth-order valence-electron chi connectivity index (χ4n) is 0.675. The number of carbonyl (C=O) groups excluding carboxylic acids is 1. The summed E-state index contributed by atoms with van der Waals surface area (Å²) in [5.74, 6) is -0.120. The topological polar surface area (TPSA) is 26.3 Å². The van der Waals surface area contributed by atoms with Crippen LogP contribution in [-0.4, -0.2) is 11.1 Å². The summed E-state index contributed by atoms with van der Waals surface area (Å²) in [6, 6.07) is 0. The van der Waals surface area contributed by atoms with Crippen molar-refractivity contribution in [2.45, 2.75) is 32.8 Å². The first-order valence-electron chi connectivity index (χ1n) is 4.60. The summed E-state index contributed by atoms with van der Waals surface area (Å²) in [5.41, 5.74) is -0.438. The minimum Gasteiger partial charge on any atom is -0.448 e. The van der Waals surface area contributed by atoms with Gasteiger partial charge in [-0.2, -0.15) is 0 Å². The van der Waals surface area contributed by atoms with Crippen LogP contribution in [-0.2, 0) is 9.53 Å². The third kappa shape index (κ3) is 5.23. The first-order valence-corrected chi connectivity index (χ1v) is 15.8. The zero-order valence-electron chi connectivity index (χ0n) is 10.0. The molecule has 0 aromatic rings. The van der Waals surface area contributed by atoms with Crippen molar-refractivity contribution in [1.82, 2.24) is 0 Å². The van der Waals surface area contributed by atoms with Crippen LogP contribution in [0.15, 0.2) is 0 Å². The largest absolute Gasteiger partial charge is 0.448 e. The van der Waals surface area contributed by atoms with Crippen LogP contribution in [0, 0.1) is 5.41 Å². The standard InChI is InChI=1S/C7H21O2P7/c1-6(2,3)5(8)9-7(4,15(11)12)16(13)14-10/h14H,10-13H2,1-4H3. The Hall–Kier alpha value is 2.48. The molecule has 0 radical (unpaired) electrons. The molecule has 96 valence electrons. The van der Waals surface area contributed by atoms with Gasteiger partial charge in [0.1, 0.15) is 0 Å². The predicted molar refractivity (Wildman–Crippen MR) is 94.9 cm³/mol. The number of rotatable bonds is 4. The third-order valence-electron chi connectivity index (χ3n) is 1.96. The van der Waals surface area contributed by atoms with Crippen molar-refractivity contribution in [1.29, 1.82) is 0 Å². The average molecular weight is 354 g/mol. The van der Waals surface area contributed by atoms with Crippen LogP contribution in [0.1, 0.15) is 27.7 Å². The highest BCUT2D eigenvalue weighted by molar-refractivity contribution is 8.64. The molecule has 7 atom stereocenters. The molecule has 0 amide bonds. The lowest BCUT2D eigenvalue weighted by Gasteiger charge is -2.39. The number of esters is 1. The number of hydrogen-bond acceptors (Lipinski definition) is 2. The normalized spacial score (nSPS) is 18.8. The van der Waals surface area contributed by atoms with E-state index in [1.807, 2.05) is 27.7 Å². The molecule has 16 heavy (non-hydrogen) atoms. The molecular formula is C7H21O2P7. The highest BCUT2D eigenvalue weighted by Gasteiger charge is 2.40. The average Bonchev–Trinajstić information content (AvgIpc) is 2.14. The molecule has 0 aromatic heterocycles. The van der Waals surface area contributed by atoms with Crippen molar-refractivity contribution < 1.29 is 9.53 Å². The monoisotopic (exact) mass is 354 g/mol. The van der Waals surface area contributed by atoms with Crippen molar-refractivity contribution in [3.05, 3.63) is 0 Å². The van der Waals surface area contributed by atoms with Gasteiger partial charge in [0, 0.05) is 0 Å². The Morgan fingerprint density at radius 3 is 1.88 bits per heavy atom. The zero-order valence-corrected chi connectivity index (χ0v) is 17.4. The predicted octanol–water partition coefficient (Wildman–Crippen LogP) is 4.97. The molecule has 0 aliphatic heterocycles. The number of ether oxygens (including phenoxy) is 1. The van der Waals surface area contributed by atoms with Gasteiger partial charge in [-0.3, -0.25) is 4.79 Å². The third-order valence-corrected chi connectivity index (χ3v) is 21.2. The summed E-state index contributed by atoms with van der Waals surface area (Å²) in [6.45, 7) is 7.70. The van der Waals surface area contributed by atoms with Crippen molar-refractivity contribution >= 4 is 64.2 Å². The Labute approximate surface area is 112 Å². The van der Waals surface area contributed by atoms with Crippen LogP contribution < -0.4 is 0 Å². The van der Waals surface area contributed by atoms with E-state index in [-0.39, 0.29) is 11.1 Å². The molecule has 9 heteroatoms. The van der Waals surface area contributed by atoms with Crippen LogP contribution in [0.3, 0.4) is 0 Å². The van der Waals surface area contributed by atoms with Crippen molar-refractivity contribution in [2.75, 3.05) is 0 Å². The van der Waals surface area contributed by atoms with Gasteiger partial charge in [-0.1, -0.05) is 7.96 Å². The second-order valence-corrected chi connectivity index (χ2v) is 21.1. The van der Waals surface area contributed by atoms with Crippen LogP contribution in [0.5, 0.6) is 0 Å². The van der Waals surface area contributed by atoms with E-state index < -0.39 is 20.0 Å². The maximum atomic E-state index is 12.0. The summed E-state index contributed by atoms with van der Waals surface area (Å²) in [5, 5.41) is -0.352. The molecule has 0 heterocycles. The lowest BCUT2D eigenvalue weighted by molar-refractivity contribution is -0.155. The molecule has 0 aliphatic carbocycles. The molecule has 0 rings (SSSR count). The highest BCUT2D eigenvalue weighted by Crippen LogP contribution is 2.85. The Morgan fingerprint density at radius 1 is 1.19 bits per heavy atom. The lowest BCUT2D eigenvalue weighted by atomic mass is 9.97. The van der Waals surface area contributed by atoms with Crippen LogP contribution in [0.2, 0.25) is 0 Å². The summed E-state index contributed by atoms with van der Waals surface area (Å²) in [6.07, 6.45) is 0. The van der Waals surface area contributed by atoms with E-state index in [1.165, 1.54) is 0 Å². The van der Waals surface area contributed by atoms with Gasteiger partial charge in [0.05, 0.1) is 5.41 Å². The number of hydrogen-bond donors (Lipinski definition) is 0. The van der Waals surface area contributed by atoms with Crippen LogP contribution >= 0.6 is 58.3 Å². The molecule has 7 unspecified atom stereocenters. The van der Waals surface area contributed by atoms with E-state index >= 15 is 0 Å². The summed E-state index contributed by atoms with van der Waals surface area (Å²) in [7, 11) is 11.0. The zero-order chi connectivity index (χ0) is 13.1. The van der Waals surface area contributed by atoms with E-state index in [4.69, 9.17) is 4.74 Å². The minimum absolute atomic E-state index is 0.120. The van der Waals surface area contributed by atoms with Crippen molar-refractivity contribution in [2.24, 2.45) is 5.41 Å². The molecule has 0 aliphatic rings.